The third-order valence-electron chi connectivity index (χ3n) is 2.50. The first-order valence-corrected chi connectivity index (χ1v) is 5.25. The molecular weight excluding hydrogens is 258 g/mol. The number of aromatic nitrogens is 1. The predicted molar refractivity (Wildman–Crippen MR) is 62.6 cm³/mol. The quantitative estimate of drug-likeness (QED) is 0.784. The van der Waals surface area contributed by atoms with Gasteiger partial charge in [-0.2, -0.15) is 0 Å². The van der Waals surface area contributed by atoms with E-state index in [1.54, 1.807) is 7.11 Å². The highest BCUT2D eigenvalue weighted by molar-refractivity contribution is 9.10. The van der Waals surface area contributed by atoms with Gasteiger partial charge in [0.1, 0.15) is 5.75 Å². The lowest BCUT2D eigenvalue weighted by Crippen LogP contribution is -1.93. The van der Waals surface area contributed by atoms with Crippen molar-refractivity contribution in [3.05, 3.63) is 28.4 Å². The van der Waals surface area contributed by atoms with Crippen molar-refractivity contribution in [3.8, 4) is 5.75 Å². The van der Waals surface area contributed by atoms with Crippen molar-refractivity contribution in [3.63, 3.8) is 0 Å². The summed E-state index contributed by atoms with van der Waals surface area (Å²) in [5, 5.41) is 0.985. The fourth-order valence-electron chi connectivity index (χ4n) is 1.65. The van der Waals surface area contributed by atoms with E-state index in [1.807, 2.05) is 29.8 Å². The third-order valence-corrected chi connectivity index (χ3v) is 3.32. The zero-order valence-electron chi connectivity index (χ0n) is 8.45. The van der Waals surface area contributed by atoms with Crippen LogP contribution in [-0.2, 0) is 7.05 Å². The lowest BCUT2D eigenvalue weighted by molar-refractivity contribution is 0.111. The van der Waals surface area contributed by atoms with Crippen LogP contribution in [0, 0.1) is 0 Å². The third kappa shape index (κ3) is 1.45. The first kappa shape index (κ1) is 10.2. The number of halogens is 1. The fourth-order valence-corrected chi connectivity index (χ4v) is 2.26. The number of benzene rings is 1. The van der Waals surface area contributed by atoms with E-state index in [0.29, 0.717) is 5.69 Å². The minimum atomic E-state index is 0.652. The number of methoxy groups -OCH3 is 1. The summed E-state index contributed by atoms with van der Waals surface area (Å²) in [7, 11) is 3.49. The predicted octanol–water partition coefficient (Wildman–Crippen LogP) is 2.76. The number of hydrogen-bond acceptors (Lipinski definition) is 2. The summed E-state index contributed by atoms with van der Waals surface area (Å²) in [6.07, 6.45) is 0.846. The number of carbonyl (C=O) groups excluding carboxylic acids is 1. The van der Waals surface area contributed by atoms with Gasteiger partial charge in [-0.3, -0.25) is 4.79 Å². The molecule has 0 aliphatic rings. The van der Waals surface area contributed by atoms with Crippen molar-refractivity contribution in [2.24, 2.45) is 7.05 Å². The number of hydrogen-bond donors (Lipinski definition) is 0. The molecule has 78 valence electrons. The highest BCUT2D eigenvalue weighted by Gasteiger charge is 2.10. The maximum Gasteiger partial charge on any atom is 0.166 e. The second-order valence-electron chi connectivity index (χ2n) is 3.26. The fraction of sp³-hybridized carbons (Fsp3) is 0.182. The van der Waals surface area contributed by atoms with Gasteiger partial charge < -0.3 is 9.30 Å². The normalized spacial score (nSPS) is 10.6. The Labute approximate surface area is 95.8 Å². The van der Waals surface area contributed by atoms with Crippen molar-refractivity contribution < 1.29 is 9.53 Å². The zero-order valence-corrected chi connectivity index (χ0v) is 10.0. The number of ether oxygens (including phenoxy) is 1. The van der Waals surface area contributed by atoms with Crippen LogP contribution in [0.5, 0.6) is 5.75 Å². The highest BCUT2D eigenvalue weighted by Crippen LogP contribution is 2.34. The molecule has 1 aromatic heterocycles. The molecule has 0 saturated heterocycles. The van der Waals surface area contributed by atoms with Crippen molar-refractivity contribution in [1.82, 2.24) is 4.57 Å². The molecule has 4 heteroatoms. The Morgan fingerprint density at radius 2 is 2.20 bits per heavy atom. The number of nitrogens with zero attached hydrogens (tertiary/aromatic N) is 1. The van der Waals surface area contributed by atoms with Gasteiger partial charge >= 0.3 is 0 Å². The summed E-state index contributed by atoms with van der Waals surface area (Å²) in [6.45, 7) is 0. The summed E-state index contributed by atoms with van der Waals surface area (Å²) >= 11 is 3.46. The van der Waals surface area contributed by atoms with Crippen molar-refractivity contribution in [2.75, 3.05) is 7.11 Å². The lowest BCUT2D eigenvalue weighted by Gasteiger charge is -2.04. The summed E-state index contributed by atoms with van der Waals surface area (Å²) in [6, 6.07) is 5.65. The second kappa shape index (κ2) is 3.70. The summed E-state index contributed by atoms with van der Waals surface area (Å²) in [5.41, 5.74) is 1.66. The molecule has 0 fully saturated rings. The van der Waals surface area contributed by atoms with Crippen LogP contribution in [0.2, 0.25) is 0 Å². The average Bonchev–Trinajstić information content (AvgIpc) is 2.57. The number of aldehydes is 1. The molecule has 15 heavy (non-hydrogen) atoms. The molecule has 0 atom stereocenters. The minimum Gasteiger partial charge on any atom is -0.496 e. The molecule has 0 unspecified atom stereocenters. The van der Waals surface area contributed by atoms with Gasteiger partial charge in [0.05, 0.1) is 17.3 Å². The Morgan fingerprint density at radius 1 is 1.47 bits per heavy atom. The number of aryl methyl sites for hydroxylation is 1. The molecule has 3 nitrogen and oxygen atoms in total. The van der Waals surface area contributed by atoms with Gasteiger partial charge in [-0.25, -0.2) is 0 Å². The van der Waals surface area contributed by atoms with Gasteiger partial charge in [-0.15, -0.1) is 0 Å². The molecular formula is C11H10BrNO2. The van der Waals surface area contributed by atoms with E-state index < -0.39 is 0 Å². The number of fused-ring (bicyclic) bond motifs is 1. The Balaban J connectivity index is 2.83. The standard InChI is InChI=1S/C11H10BrNO2/c1-13-7(6-14)5-8-9(13)3-4-10(15-2)11(8)12/h3-6H,1-2H3. The highest BCUT2D eigenvalue weighted by atomic mass is 79.9. The Bertz CT molecular complexity index is 531. The topological polar surface area (TPSA) is 31.2 Å². The molecule has 0 saturated carbocycles. The monoisotopic (exact) mass is 267 g/mol. The molecule has 0 aliphatic carbocycles. The van der Waals surface area contributed by atoms with Crippen LogP contribution in [0.15, 0.2) is 22.7 Å². The van der Waals surface area contributed by atoms with Crippen molar-refractivity contribution in [1.29, 1.82) is 0 Å². The minimum absolute atomic E-state index is 0.652. The van der Waals surface area contributed by atoms with Gasteiger partial charge in [0.15, 0.2) is 6.29 Å². The molecule has 0 amide bonds. The Hall–Kier alpha value is -1.29. The van der Waals surface area contributed by atoms with E-state index in [0.717, 1.165) is 27.4 Å². The van der Waals surface area contributed by atoms with Crippen molar-refractivity contribution >= 4 is 33.1 Å². The maximum absolute atomic E-state index is 10.8. The molecule has 0 radical (unpaired) electrons. The van der Waals surface area contributed by atoms with Gasteiger partial charge in [-0.05, 0) is 34.1 Å². The molecule has 0 N–H and O–H groups in total. The summed E-state index contributed by atoms with van der Waals surface area (Å²) in [5.74, 6) is 0.769. The smallest absolute Gasteiger partial charge is 0.166 e. The lowest BCUT2D eigenvalue weighted by atomic mass is 10.2. The van der Waals surface area contributed by atoms with Crippen LogP contribution < -0.4 is 4.74 Å². The van der Waals surface area contributed by atoms with Crippen LogP contribution in [-0.4, -0.2) is 18.0 Å². The van der Waals surface area contributed by atoms with Crippen LogP contribution in [0.4, 0.5) is 0 Å². The Kier molecular flexibility index (Phi) is 2.52. The van der Waals surface area contributed by atoms with Crippen LogP contribution in [0.1, 0.15) is 10.5 Å². The van der Waals surface area contributed by atoms with E-state index in [9.17, 15) is 4.79 Å². The molecule has 2 rings (SSSR count). The second-order valence-corrected chi connectivity index (χ2v) is 4.05. The van der Waals surface area contributed by atoms with Crippen LogP contribution in [0.3, 0.4) is 0 Å². The molecule has 0 bridgehead atoms. The van der Waals surface area contributed by atoms with E-state index >= 15 is 0 Å². The van der Waals surface area contributed by atoms with E-state index in [2.05, 4.69) is 15.9 Å². The van der Waals surface area contributed by atoms with Gasteiger partial charge in [0.25, 0.3) is 0 Å². The van der Waals surface area contributed by atoms with Gasteiger partial charge in [0, 0.05) is 18.0 Å². The molecule has 0 spiro atoms. The summed E-state index contributed by atoms with van der Waals surface area (Å²) in [4.78, 5) is 10.8. The number of carbonyl (C=O) groups is 1. The largest absolute Gasteiger partial charge is 0.496 e. The first-order valence-electron chi connectivity index (χ1n) is 4.46. The Morgan fingerprint density at radius 3 is 2.80 bits per heavy atom. The summed E-state index contributed by atoms with van der Waals surface area (Å²) < 4.78 is 7.93. The van der Waals surface area contributed by atoms with E-state index in [4.69, 9.17) is 4.74 Å². The van der Waals surface area contributed by atoms with E-state index in [1.165, 1.54) is 0 Å². The van der Waals surface area contributed by atoms with Crippen molar-refractivity contribution in [2.45, 2.75) is 0 Å². The molecule has 0 aliphatic heterocycles. The molecule has 1 aromatic carbocycles. The van der Waals surface area contributed by atoms with E-state index in [-0.39, 0.29) is 0 Å². The SMILES string of the molecule is COc1ccc2c(cc(C=O)n2C)c1Br. The first-order chi connectivity index (χ1) is 7.19. The average molecular weight is 268 g/mol. The van der Waals surface area contributed by atoms with Gasteiger partial charge in [0.2, 0.25) is 0 Å². The van der Waals surface area contributed by atoms with Crippen LogP contribution in [0.25, 0.3) is 10.9 Å². The van der Waals surface area contributed by atoms with Gasteiger partial charge in [-0.1, -0.05) is 0 Å². The van der Waals surface area contributed by atoms with Crippen LogP contribution >= 0.6 is 15.9 Å². The maximum atomic E-state index is 10.8. The molecule has 1 heterocycles. The zero-order chi connectivity index (χ0) is 11.0. The number of rotatable bonds is 2. The molecule has 2 aromatic rings.